The first-order valence-electron chi connectivity index (χ1n) is 9.89. The zero-order chi connectivity index (χ0) is 17.7. The quantitative estimate of drug-likeness (QED) is 0.780. The number of anilines is 1. The second-order valence-corrected chi connectivity index (χ2v) is 7.99. The lowest BCUT2D eigenvalue weighted by atomic mass is 9.68. The van der Waals surface area contributed by atoms with Crippen molar-refractivity contribution in [1.29, 1.82) is 0 Å². The standard InChI is InChI=1S/C23H25NO2/c1-2-26-23(25)17-10-11-19-18(13-17)20-15-8-9-16(12-15)21(20)22(24-19)14-6-4-3-5-7-14/h3-7,10-11,13,15-16,20-22,24H,2,8-9,12H2,1H3. The highest BCUT2D eigenvalue weighted by atomic mass is 16.5. The molecule has 3 aliphatic rings. The summed E-state index contributed by atoms with van der Waals surface area (Å²) in [7, 11) is 0. The third-order valence-electron chi connectivity index (χ3n) is 6.76. The minimum absolute atomic E-state index is 0.208. The number of benzene rings is 2. The molecule has 1 aliphatic heterocycles. The van der Waals surface area contributed by atoms with Crippen LogP contribution >= 0.6 is 0 Å². The number of hydrogen-bond acceptors (Lipinski definition) is 3. The molecule has 2 aromatic rings. The van der Waals surface area contributed by atoms with E-state index < -0.39 is 0 Å². The third-order valence-corrected chi connectivity index (χ3v) is 6.76. The van der Waals surface area contributed by atoms with Crippen LogP contribution in [0.15, 0.2) is 48.5 Å². The summed E-state index contributed by atoms with van der Waals surface area (Å²) in [5.41, 5.74) is 4.60. The van der Waals surface area contributed by atoms with Gasteiger partial charge in [0, 0.05) is 5.69 Å². The van der Waals surface area contributed by atoms with E-state index in [0.717, 1.165) is 11.8 Å². The molecule has 0 saturated heterocycles. The van der Waals surface area contributed by atoms with Gasteiger partial charge in [0.2, 0.25) is 0 Å². The smallest absolute Gasteiger partial charge is 0.338 e. The Labute approximate surface area is 154 Å². The zero-order valence-corrected chi connectivity index (χ0v) is 15.2. The van der Waals surface area contributed by atoms with Crippen molar-refractivity contribution in [3.05, 3.63) is 65.2 Å². The maximum Gasteiger partial charge on any atom is 0.338 e. The van der Waals surface area contributed by atoms with E-state index in [2.05, 4.69) is 47.8 Å². The average molecular weight is 347 g/mol. The lowest BCUT2D eigenvalue weighted by Crippen LogP contribution is -2.35. The largest absolute Gasteiger partial charge is 0.462 e. The highest BCUT2D eigenvalue weighted by Gasteiger charge is 2.53. The van der Waals surface area contributed by atoms with Gasteiger partial charge >= 0.3 is 5.97 Å². The molecule has 3 heteroatoms. The predicted molar refractivity (Wildman–Crippen MR) is 102 cm³/mol. The number of ether oxygens (including phenoxy) is 1. The molecular formula is C23H25NO2. The van der Waals surface area contributed by atoms with E-state index in [4.69, 9.17) is 4.74 Å². The molecule has 5 unspecified atom stereocenters. The summed E-state index contributed by atoms with van der Waals surface area (Å²) in [6.07, 6.45) is 4.02. The molecule has 134 valence electrons. The Kier molecular flexibility index (Phi) is 3.77. The van der Waals surface area contributed by atoms with Gasteiger partial charge in [-0.3, -0.25) is 0 Å². The molecule has 0 amide bonds. The second-order valence-electron chi connectivity index (χ2n) is 7.99. The van der Waals surface area contributed by atoms with E-state index in [1.165, 1.54) is 36.1 Å². The van der Waals surface area contributed by atoms with Crippen LogP contribution in [0, 0.1) is 17.8 Å². The molecule has 1 N–H and O–H groups in total. The van der Waals surface area contributed by atoms with Crippen molar-refractivity contribution in [2.45, 2.75) is 38.1 Å². The molecule has 0 spiro atoms. The Morgan fingerprint density at radius 1 is 1.12 bits per heavy atom. The Morgan fingerprint density at radius 2 is 1.92 bits per heavy atom. The van der Waals surface area contributed by atoms with Gasteiger partial charge in [0.15, 0.2) is 0 Å². The summed E-state index contributed by atoms with van der Waals surface area (Å²) in [5.74, 6) is 2.53. The summed E-state index contributed by atoms with van der Waals surface area (Å²) >= 11 is 0. The Bertz CT molecular complexity index is 831. The minimum Gasteiger partial charge on any atom is -0.462 e. The van der Waals surface area contributed by atoms with Gasteiger partial charge in [0.25, 0.3) is 0 Å². The fraction of sp³-hybridized carbons (Fsp3) is 0.435. The van der Waals surface area contributed by atoms with E-state index in [1.807, 2.05) is 13.0 Å². The van der Waals surface area contributed by atoms with E-state index >= 15 is 0 Å². The van der Waals surface area contributed by atoms with Crippen molar-refractivity contribution in [3.63, 3.8) is 0 Å². The molecule has 2 aliphatic carbocycles. The maximum atomic E-state index is 12.2. The summed E-state index contributed by atoms with van der Waals surface area (Å²) in [6.45, 7) is 2.27. The van der Waals surface area contributed by atoms with Gasteiger partial charge in [-0.15, -0.1) is 0 Å². The van der Waals surface area contributed by atoms with Crippen LogP contribution in [0.1, 0.15) is 59.6 Å². The molecule has 0 radical (unpaired) electrons. The van der Waals surface area contributed by atoms with Gasteiger partial charge in [0.1, 0.15) is 0 Å². The lowest BCUT2D eigenvalue weighted by molar-refractivity contribution is 0.0526. The third kappa shape index (κ3) is 2.37. The normalized spacial score (nSPS) is 31.0. The van der Waals surface area contributed by atoms with Crippen LogP contribution in [-0.4, -0.2) is 12.6 Å². The van der Waals surface area contributed by atoms with Crippen LogP contribution in [0.4, 0.5) is 5.69 Å². The molecule has 5 atom stereocenters. The van der Waals surface area contributed by atoms with Gasteiger partial charge in [-0.1, -0.05) is 30.3 Å². The topological polar surface area (TPSA) is 38.3 Å². The van der Waals surface area contributed by atoms with Gasteiger partial charge < -0.3 is 10.1 Å². The summed E-state index contributed by atoms with van der Waals surface area (Å²) in [5, 5.41) is 3.82. The number of carbonyl (C=O) groups is 1. The molecule has 2 fully saturated rings. The Hall–Kier alpha value is -2.29. The van der Waals surface area contributed by atoms with Crippen LogP contribution in [0.25, 0.3) is 0 Å². The molecular weight excluding hydrogens is 322 g/mol. The predicted octanol–water partition coefficient (Wildman–Crippen LogP) is 5.16. The molecule has 2 aromatic carbocycles. The molecule has 1 heterocycles. The summed E-state index contributed by atoms with van der Waals surface area (Å²) in [4.78, 5) is 12.2. The van der Waals surface area contributed by atoms with Crippen molar-refractivity contribution < 1.29 is 9.53 Å². The van der Waals surface area contributed by atoms with Gasteiger partial charge in [-0.05, 0) is 79.2 Å². The first-order valence-corrected chi connectivity index (χ1v) is 9.89. The van der Waals surface area contributed by atoms with Crippen LogP contribution in [0.5, 0.6) is 0 Å². The fourth-order valence-corrected chi connectivity index (χ4v) is 5.82. The SMILES string of the molecule is CCOC(=O)c1ccc2c(c1)C1C3CCC(C3)C1C(c1ccccc1)N2. The molecule has 2 bridgehead atoms. The molecule has 3 nitrogen and oxygen atoms in total. The number of esters is 1. The monoisotopic (exact) mass is 347 g/mol. The van der Waals surface area contributed by atoms with E-state index in [0.29, 0.717) is 30.0 Å². The second kappa shape index (κ2) is 6.15. The number of hydrogen-bond donors (Lipinski definition) is 1. The number of nitrogens with one attached hydrogen (secondary N) is 1. The fourth-order valence-electron chi connectivity index (χ4n) is 5.82. The highest BCUT2D eigenvalue weighted by molar-refractivity contribution is 5.90. The van der Waals surface area contributed by atoms with Crippen LogP contribution in [0.3, 0.4) is 0 Å². The number of carbonyl (C=O) groups excluding carboxylic acids is 1. The molecule has 5 rings (SSSR count). The Balaban J connectivity index is 1.58. The van der Waals surface area contributed by atoms with Gasteiger partial charge in [-0.2, -0.15) is 0 Å². The molecule has 26 heavy (non-hydrogen) atoms. The van der Waals surface area contributed by atoms with Crippen molar-refractivity contribution >= 4 is 11.7 Å². The molecule has 2 saturated carbocycles. The first-order chi connectivity index (χ1) is 12.8. The van der Waals surface area contributed by atoms with E-state index in [9.17, 15) is 4.79 Å². The highest BCUT2D eigenvalue weighted by Crippen LogP contribution is 2.63. The van der Waals surface area contributed by atoms with Gasteiger partial charge in [-0.25, -0.2) is 4.79 Å². The van der Waals surface area contributed by atoms with E-state index in [1.54, 1.807) is 0 Å². The maximum absolute atomic E-state index is 12.2. The lowest BCUT2D eigenvalue weighted by Gasteiger charge is -2.43. The van der Waals surface area contributed by atoms with Crippen molar-refractivity contribution in [1.82, 2.24) is 0 Å². The van der Waals surface area contributed by atoms with Crippen LogP contribution in [0.2, 0.25) is 0 Å². The number of rotatable bonds is 3. The average Bonchev–Trinajstić information content (AvgIpc) is 3.30. The Morgan fingerprint density at radius 3 is 2.73 bits per heavy atom. The minimum atomic E-state index is -0.208. The number of fused-ring (bicyclic) bond motifs is 7. The zero-order valence-electron chi connectivity index (χ0n) is 15.2. The molecule has 0 aromatic heterocycles. The first kappa shape index (κ1) is 15.9. The van der Waals surface area contributed by atoms with Crippen LogP contribution in [-0.2, 0) is 4.74 Å². The van der Waals surface area contributed by atoms with Crippen LogP contribution < -0.4 is 5.32 Å². The van der Waals surface area contributed by atoms with Crippen molar-refractivity contribution in [2.24, 2.45) is 17.8 Å². The summed E-state index contributed by atoms with van der Waals surface area (Å²) < 4.78 is 5.22. The van der Waals surface area contributed by atoms with Crippen molar-refractivity contribution in [2.75, 3.05) is 11.9 Å². The summed E-state index contributed by atoms with van der Waals surface area (Å²) in [6, 6.07) is 17.3. The van der Waals surface area contributed by atoms with Gasteiger partial charge in [0.05, 0.1) is 18.2 Å². The van der Waals surface area contributed by atoms with Crippen molar-refractivity contribution in [3.8, 4) is 0 Å². The van der Waals surface area contributed by atoms with E-state index in [-0.39, 0.29) is 5.97 Å².